The van der Waals surface area contributed by atoms with E-state index in [-0.39, 0.29) is 5.41 Å². The lowest BCUT2D eigenvalue weighted by Crippen LogP contribution is -2.47. The van der Waals surface area contributed by atoms with Crippen molar-refractivity contribution in [3.05, 3.63) is 24.0 Å². The fourth-order valence-corrected chi connectivity index (χ4v) is 1.99. The molecule has 0 spiro atoms. The zero-order valence-electron chi connectivity index (χ0n) is 6.85. The van der Waals surface area contributed by atoms with Crippen LogP contribution in [-0.4, -0.2) is 24.1 Å². The Morgan fingerprint density at radius 2 is 2.42 bits per heavy atom. The van der Waals surface area contributed by atoms with Gasteiger partial charge in [0, 0.05) is 17.8 Å². The van der Waals surface area contributed by atoms with E-state index in [2.05, 4.69) is 11.1 Å². The Hall–Kier alpha value is -0.470. The van der Waals surface area contributed by atoms with E-state index in [0.717, 1.165) is 19.6 Å². The van der Waals surface area contributed by atoms with Gasteiger partial charge in [-0.25, -0.2) is 0 Å². The maximum absolute atomic E-state index is 5.75. The first-order valence-corrected chi connectivity index (χ1v) is 4.68. The second-order valence-corrected chi connectivity index (χ2v) is 3.67. The van der Waals surface area contributed by atoms with Crippen molar-refractivity contribution in [3.63, 3.8) is 0 Å². The number of alkyl halides is 1. The van der Waals surface area contributed by atoms with E-state index < -0.39 is 0 Å². The Morgan fingerprint density at radius 1 is 1.58 bits per heavy atom. The predicted octanol–water partition coefficient (Wildman–Crippen LogP) is 1.91. The molecule has 1 N–H and O–H groups in total. The third-order valence-corrected chi connectivity index (χ3v) is 2.69. The minimum Gasteiger partial charge on any atom is -0.379 e. The van der Waals surface area contributed by atoms with Crippen LogP contribution in [-0.2, 0) is 10.2 Å². The maximum Gasteiger partial charge on any atom is 0.0600 e. The van der Waals surface area contributed by atoms with Crippen LogP contribution in [0.15, 0.2) is 18.3 Å². The summed E-state index contributed by atoms with van der Waals surface area (Å²) >= 11 is 5.75. The van der Waals surface area contributed by atoms with Gasteiger partial charge in [-0.1, -0.05) is 0 Å². The van der Waals surface area contributed by atoms with Gasteiger partial charge >= 0.3 is 0 Å². The molecule has 2 heterocycles. The number of halogens is 1. The summed E-state index contributed by atoms with van der Waals surface area (Å²) in [5.41, 5.74) is 1.44. The topological polar surface area (TPSA) is 25.0 Å². The molecule has 2 nitrogen and oxygen atoms in total. The lowest BCUT2D eigenvalue weighted by Gasteiger charge is -2.40. The molecule has 1 fully saturated rings. The van der Waals surface area contributed by atoms with Crippen molar-refractivity contribution in [2.45, 2.75) is 11.8 Å². The van der Waals surface area contributed by atoms with Gasteiger partial charge in [-0.15, -0.1) is 11.6 Å². The molecule has 0 unspecified atom stereocenters. The summed E-state index contributed by atoms with van der Waals surface area (Å²) in [5, 5.41) is 0. The molecule has 0 saturated carbocycles. The van der Waals surface area contributed by atoms with E-state index in [9.17, 15) is 0 Å². The highest BCUT2D eigenvalue weighted by molar-refractivity contribution is 6.17. The Balaban J connectivity index is 2.17. The summed E-state index contributed by atoms with van der Waals surface area (Å²) in [4.78, 5) is 3.23. The van der Waals surface area contributed by atoms with Crippen LogP contribution in [0.3, 0.4) is 0 Å². The monoisotopic (exact) mass is 185 g/mol. The number of H-pyrrole nitrogens is 1. The molecule has 1 aromatic rings. The van der Waals surface area contributed by atoms with E-state index in [1.165, 1.54) is 5.69 Å². The highest BCUT2D eigenvalue weighted by atomic mass is 35.5. The summed E-state index contributed by atoms with van der Waals surface area (Å²) < 4.78 is 5.24. The first kappa shape index (κ1) is 8.14. The van der Waals surface area contributed by atoms with Crippen molar-refractivity contribution in [3.8, 4) is 0 Å². The van der Waals surface area contributed by atoms with Gasteiger partial charge in [0.1, 0.15) is 0 Å². The SMILES string of the molecule is ClCCC1(c2ccc[nH]2)COC1. The molecule has 0 aliphatic carbocycles. The van der Waals surface area contributed by atoms with Gasteiger partial charge in [0.25, 0.3) is 0 Å². The third kappa shape index (κ3) is 1.15. The van der Waals surface area contributed by atoms with Crippen LogP contribution < -0.4 is 0 Å². The van der Waals surface area contributed by atoms with Gasteiger partial charge in [0.05, 0.1) is 18.6 Å². The molecule has 0 radical (unpaired) electrons. The zero-order chi connectivity index (χ0) is 8.44. The number of rotatable bonds is 3. The molecular formula is C9H12ClNO. The zero-order valence-corrected chi connectivity index (χ0v) is 7.60. The number of hydrogen-bond acceptors (Lipinski definition) is 1. The predicted molar refractivity (Wildman–Crippen MR) is 48.6 cm³/mol. The largest absolute Gasteiger partial charge is 0.379 e. The molecule has 12 heavy (non-hydrogen) atoms. The van der Waals surface area contributed by atoms with E-state index in [1.54, 1.807) is 0 Å². The van der Waals surface area contributed by atoms with Gasteiger partial charge in [0.15, 0.2) is 0 Å². The smallest absolute Gasteiger partial charge is 0.0600 e. The van der Waals surface area contributed by atoms with Gasteiger partial charge in [-0.2, -0.15) is 0 Å². The van der Waals surface area contributed by atoms with E-state index >= 15 is 0 Å². The molecule has 1 aliphatic rings. The number of nitrogens with one attached hydrogen (secondary N) is 1. The normalized spacial score (nSPS) is 20.4. The van der Waals surface area contributed by atoms with E-state index in [4.69, 9.17) is 16.3 Å². The second-order valence-electron chi connectivity index (χ2n) is 3.30. The van der Waals surface area contributed by atoms with Crippen molar-refractivity contribution in [1.82, 2.24) is 4.98 Å². The minimum absolute atomic E-state index is 0.186. The Bertz CT molecular complexity index is 241. The quantitative estimate of drug-likeness (QED) is 0.716. The van der Waals surface area contributed by atoms with Crippen LogP contribution in [0.5, 0.6) is 0 Å². The molecule has 3 heteroatoms. The summed E-state index contributed by atoms with van der Waals surface area (Å²) in [6.45, 7) is 1.61. The maximum atomic E-state index is 5.75. The van der Waals surface area contributed by atoms with Crippen LogP contribution in [0.2, 0.25) is 0 Å². The molecule has 1 saturated heterocycles. The number of aromatic amines is 1. The summed E-state index contributed by atoms with van der Waals surface area (Å²) in [7, 11) is 0. The van der Waals surface area contributed by atoms with Crippen LogP contribution in [0.25, 0.3) is 0 Å². The first-order chi connectivity index (χ1) is 5.87. The highest BCUT2D eigenvalue weighted by Gasteiger charge is 2.40. The van der Waals surface area contributed by atoms with E-state index in [0.29, 0.717) is 5.88 Å². The fraction of sp³-hybridized carbons (Fsp3) is 0.556. The Morgan fingerprint density at radius 3 is 2.83 bits per heavy atom. The molecular weight excluding hydrogens is 174 g/mol. The highest BCUT2D eigenvalue weighted by Crippen LogP contribution is 2.34. The van der Waals surface area contributed by atoms with Gasteiger partial charge < -0.3 is 9.72 Å². The average molecular weight is 186 g/mol. The molecule has 0 amide bonds. The van der Waals surface area contributed by atoms with Gasteiger partial charge in [0.2, 0.25) is 0 Å². The van der Waals surface area contributed by atoms with Gasteiger partial charge in [-0.05, 0) is 18.6 Å². The summed E-state index contributed by atoms with van der Waals surface area (Å²) in [6.07, 6.45) is 2.94. The second kappa shape index (κ2) is 3.11. The summed E-state index contributed by atoms with van der Waals surface area (Å²) in [5.74, 6) is 0.697. The third-order valence-electron chi connectivity index (χ3n) is 2.50. The van der Waals surface area contributed by atoms with Crippen molar-refractivity contribution >= 4 is 11.6 Å². The standard InChI is InChI=1S/C9H12ClNO/c10-4-3-9(6-12-7-9)8-2-1-5-11-8/h1-2,5,11H,3-4,6-7H2. The molecule has 66 valence electrons. The molecule has 2 rings (SSSR count). The number of aromatic nitrogens is 1. The van der Waals surface area contributed by atoms with Crippen LogP contribution in [0, 0.1) is 0 Å². The molecule has 0 bridgehead atoms. The van der Waals surface area contributed by atoms with Gasteiger partial charge in [-0.3, -0.25) is 0 Å². The molecule has 1 aliphatic heterocycles. The molecule has 0 atom stereocenters. The van der Waals surface area contributed by atoms with Crippen molar-refractivity contribution in [2.24, 2.45) is 0 Å². The molecule has 1 aromatic heterocycles. The Kier molecular flexibility index (Phi) is 2.11. The fourth-order valence-electron chi connectivity index (χ4n) is 1.62. The van der Waals surface area contributed by atoms with Crippen molar-refractivity contribution in [2.75, 3.05) is 19.1 Å². The minimum atomic E-state index is 0.186. The first-order valence-electron chi connectivity index (χ1n) is 4.15. The Labute approximate surface area is 76.9 Å². The lowest BCUT2D eigenvalue weighted by molar-refractivity contribution is -0.0634. The number of hydrogen-bond donors (Lipinski definition) is 1. The summed E-state index contributed by atoms with van der Waals surface area (Å²) in [6, 6.07) is 4.12. The lowest BCUT2D eigenvalue weighted by atomic mass is 9.80. The van der Waals surface area contributed by atoms with Crippen LogP contribution in [0.4, 0.5) is 0 Å². The van der Waals surface area contributed by atoms with Crippen LogP contribution >= 0.6 is 11.6 Å². The number of ether oxygens (including phenoxy) is 1. The van der Waals surface area contributed by atoms with Crippen molar-refractivity contribution in [1.29, 1.82) is 0 Å². The average Bonchev–Trinajstić information content (AvgIpc) is 2.48. The van der Waals surface area contributed by atoms with E-state index in [1.807, 2.05) is 12.3 Å². The van der Waals surface area contributed by atoms with Crippen LogP contribution in [0.1, 0.15) is 12.1 Å². The van der Waals surface area contributed by atoms with Crippen molar-refractivity contribution < 1.29 is 4.74 Å². The molecule has 0 aromatic carbocycles.